The second-order valence-corrected chi connectivity index (χ2v) is 14.4. The Morgan fingerprint density at radius 1 is 1.17 bits per heavy atom. The van der Waals surface area contributed by atoms with Gasteiger partial charge in [-0.2, -0.15) is 17.5 Å². The maximum atomic E-state index is 14.2. The largest absolute Gasteiger partial charge is 0.490 e. The Bertz CT molecular complexity index is 1460. The molecule has 3 rings (SSSR count). The van der Waals surface area contributed by atoms with E-state index in [-0.39, 0.29) is 41.1 Å². The van der Waals surface area contributed by atoms with Gasteiger partial charge in [-0.05, 0) is 75.6 Å². The normalized spacial score (nSPS) is 21.0. The Balaban J connectivity index is 1.94. The lowest BCUT2D eigenvalue weighted by Gasteiger charge is -2.35. The Kier molecular flexibility index (Phi) is 13.9. The highest BCUT2D eigenvalue weighted by atomic mass is 35.5. The van der Waals surface area contributed by atoms with Crippen LogP contribution in [0.2, 0.25) is 5.02 Å². The molecule has 2 N–H and O–H groups in total. The van der Waals surface area contributed by atoms with Gasteiger partial charge in [0.25, 0.3) is 5.91 Å². The van der Waals surface area contributed by atoms with E-state index in [0.717, 1.165) is 0 Å². The number of carbonyl (C=O) groups is 2. The highest BCUT2D eigenvalue weighted by molar-refractivity contribution is 7.89. The van der Waals surface area contributed by atoms with E-state index in [1.54, 1.807) is 6.92 Å². The van der Waals surface area contributed by atoms with Crippen LogP contribution in [0.5, 0.6) is 5.75 Å². The summed E-state index contributed by atoms with van der Waals surface area (Å²) in [7, 11) is -2.45. The van der Waals surface area contributed by atoms with Gasteiger partial charge in [0.05, 0.1) is 41.7 Å². The number of amides is 2. The van der Waals surface area contributed by atoms with Crippen LogP contribution in [0.25, 0.3) is 0 Å². The lowest BCUT2D eigenvalue weighted by molar-refractivity contribution is -0.142. The summed E-state index contributed by atoms with van der Waals surface area (Å²) in [5.74, 6) is -1.62. The zero-order chi connectivity index (χ0) is 34.9. The monoisotopic (exact) mass is 705 g/mol. The van der Waals surface area contributed by atoms with Gasteiger partial charge in [0.15, 0.2) is 0 Å². The first kappa shape index (κ1) is 38.5. The molecule has 2 aromatic rings. The average molecular weight is 706 g/mol. The molecule has 0 radical (unpaired) electrons. The number of benzene rings is 2. The van der Waals surface area contributed by atoms with E-state index in [2.05, 4.69) is 5.32 Å². The summed E-state index contributed by atoms with van der Waals surface area (Å²) < 4.78 is 78.2. The summed E-state index contributed by atoms with van der Waals surface area (Å²) in [4.78, 5) is 27.9. The van der Waals surface area contributed by atoms with Gasteiger partial charge in [-0.25, -0.2) is 8.42 Å². The number of alkyl halides is 3. The lowest BCUT2D eigenvalue weighted by atomic mass is 10.0. The van der Waals surface area contributed by atoms with Crippen molar-refractivity contribution >= 4 is 39.1 Å². The molecule has 47 heavy (non-hydrogen) atoms. The van der Waals surface area contributed by atoms with Crippen LogP contribution >= 0.6 is 11.6 Å². The minimum absolute atomic E-state index is 0.0220. The molecule has 1 aliphatic heterocycles. The number of nitrogens with one attached hydrogen (secondary N) is 1. The number of ether oxygens (including phenoxy) is 2. The molecular weight excluding hydrogens is 663 g/mol. The number of anilines is 1. The molecule has 1 heterocycles. The van der Waals surface area contributed by atoms with Crippen molar-refractivity contribution in [3.63, 3.8) is 0 Å². The van der Waals surface area contributed by atoms with Gasteiger partial charge >= 0.3 is 6.18 Å². The minimum Gasteiger partial charge on any atom is -0.490 e. The zero-order valence-corrected chi connectivity index (χ0v) is 28.5. The fraction of sp³-hybridized carbons (Fsp3) is 0.562. The average Bonchev–Trinajstić information content (AvgIpc) is 3.01. The molecule has 1 aliphatic rings. The number of rotatable bonds is 9. The molecular formula is C32H43ClF3N3O7S. The van der Waals surface area contributed by atoms with Crippen molar-refractivity contribution in [3.8, 4) is 5.75 Å². The van der Waals surface area contributed by atoms with E-state index < -0.39 is 65.5 Å². The van der Waals surface area contributed by atoms with Crippen LogP contribution in [0.4, 0.5) is 18.9 Å². The van der Waals surface area contributed by atoms with Gasteiger partial charge in [-0.1, -0.05) is 18.5 Å². The van der Waals surface area contributed by atoms with Crippen molar-refractivity contribution in [1.82, 2.24) is 9.21 Å². The topological polar surface area (TPSA) is 125 Å². The van der Waals surface area contributed by atoms with Gasteiger partial charge in [0.2, 0.25) is 15.9 Å². The van der Waals surface area contributed by atoms with Gasteiger partial charge in [-0.15, -0.1) is 0 Å². The molecule has 0 fully saturated rings. The number of hydrogen-bond acceptors (Lipinski definition) is 7. The Morgan fingerprint density at radius 2 is 1.85 bits per heavy atom. The first-order valence-corrected chi connectivity index (χ1v) is 17.3. The molecule has 10 nitrogen and oxygen atoms in total. The van der Waals surface area contributed by atoms with Crippen molar-refractivity contribution in [2.45, 2.75) is 82.2 Å². The third-order valence-corrected chi connectivity index (χ3v) is 10.0. The van der Waals surface area contributed by atoms with E-state index in [4.69, 9.17) is 21.1 Å². The maximum Gasteiger partial charge on any atom is 0.389 e. The van der Waals surface area contributed by atoms with Crippen LogP contribution < -0.4 is 10.1 Å². The Morgan fingerprint density at radius 3 is 2.49 bits per heavy atom. The predicted octanol–water partition coefficient (Wildman–Crippen LogP) is 5.74. The molecule has 0 aliphatic carbocycles. The number of hydrogen-bond donors (Lipinski definition) is 2. The number of fused-ring (bicyclic) bond motifs is 1. The van der Waals surface area contributed by atoms with Gasteiger partial charge in [0, 0.05) is 49.8 Å². The molecule has 15 heteroatoms. The number of aliphatic hydroxyl groups is 1. The van der Waals surface area contributed by atoms with Crippen molar-refractivity contribution in [2.75, 3.05) is 38.7 Å². The first-order valence-electron chi connectivity index (χ1n) is 15.4. The summed E-state index contributed by atoms with van der Waals surface area (Å²) >= 11 is 5.94. The molecule has 2 amide bonds. The molecule has 262 valence electrons. The van der Waals surface area contributed by atoms with E-state index in [1.807, 2.05) is 13.8 Å². The Hall–Kier alpha value is -2.91. The highest BCUT2D eigenvalue weighted by Crippen LogP contribution is 2.29. The fourth-order valence-electron chi connectivity index (χ4n) is 5.08. The van der Waals surface area contributed by atoms with Crippen molar-refractivity contribution in [3.05, 3.63) is 53.1 Å². The second kappa shape index (κ2) is 17.0. The fourth-order valence-corrected chi connectivity index (χ4v) is 6.39. The van der Waals surface area contributed by atoms with Gasteiger partial charge in [-0.3, -0.25) is 9.59 Å². The third-order valence-electron chi connectivity index (χ3n) is 7.93. The molecule has 0 aromatic heterocycles. The SMILES string of the molecule is C[C@@H]1CCCCO[C@H](CN(C)S(=O)(=O)c2ccc(Cl)cc2)[C@H](C)CN([C@H](C)CO)C(=O)c2cc(NC(=O)CCC(F)(F)F)ccc2O1. The summed E-state index contributed by atoms with van der Waals surface area (Å²) in [6.45, 7) is 5.28. The number of nitrogens with zero attached hydrogens (tertiary/aromatic N) is 2. The second-order valence-electron chi connectivity index (χ2n) is 11.9. The van der Waals surface area contributed by atoms with Crippen molar-refractivity contribution < 1.29 is 45.8 Å². The van der Waals surface area contributed by atoms with E-state index >= 15 is 0 Å². The first-order chi connectivity index (χ1) is 22.0. The summed E-state index contributed by atoms with van der Waals surface area (Å²) in [5, 5.41) is 12.9. The summed E-state index contributed by atoms with van der Waals surface area (Å²) in [6, 6.07) is 9.43. The lowest BCUT2D eigenvalue weighted by Crippen LogP contribution is -2.48. The summed E-state index contributed by atoms with van der Waals surface area (Å²) in [5.41, 5.74) is 0.163. The molecule has 0 unspecified atom stereocenters. The highest BCUT2D eigenvalue weighted by Gasteiger charge is 2.33. The number of aliphatic hydroxyl groups excluding tert-OH is 1. The van der Waals surface area contributed by atoms with Crippen LogP contribution in [0, 0.1) is 5.92 Å². The number of halogens is 4. The maximum absolute atomic E-state index is 14.2. The number of likely N-dealkylation sites (N-methyl/N-ethyl adjacent to an activating group) is 1. The predicted molar refractivity (Wildman–Crippen MR) is 172 cm³/mol. The third kappa shape index (κ3) is 11.3. The number of sulfonamides is 1. The summed E-state index contributed by atoms with van der Waals surface area (Å²) in [6.07, 6.45) is -5.55. The Labute approximate surface area is 279 Å². The number of carbonyl (C=O) groups excluding carboxylic acids is 2. The molecule has 2 aromatic carbocycles. The molecule has 0 spiro atoms. The zero-order valence-electron chi connectivity index (χ0n) is 26.9. The molecule has 0 bridgehead atoms. The van der Waals surface area contributed by atoms with Gasteiger partial charge in [0.1, 0.15) is 5.75 Å². The van der Waals surface area contributed by atoms with E-state index in [1.165, 1.54) is 58.7 Å². The van der Waals surface area contributed by atoms with Crippen molar-refractivity contribution in [1.29, 1.82) is 0 Å². The quantitative estimate of drug-likeness (QED) is 0.341. The van der Waals surface area contributed by atoms with Crippen LogP contribution in [-0.2, 0) is 19.6 Å². The smallest absolute Gasteiger partial charge is 0.389 e. The molecule has 0 saturated carbocycles. The van der Waals surface area contributed by atoms with Gasteiger partial charge < -0.3 is 24.8 Å². The van der Waals surface area contributed by atoms with Crippen molar-refractivity contribution in [2.24, 2.45) is 5.92 Å². The van der Waals surface area contributed by atoms with E-state index in [9.17, 15) is 36.3 Å². The minimum atomic E-state index is -4.50. The van der Waals surface area contributed by atoms with E-state index in [0.29, 0.717) is 30.9 Å². The van der Waals surface area contributed by atoms with Crippen LogP contribution in [0.1, 0.15) is 63.2 Å². The van der Waals surface area contributed by atoms with Crippen LogP contribution in [-0.4, -0.2) is 92.3 Å². The van der Waals surface area contributed by atoms with Crippen LogP contribution in [0.15, 0.2) is 47.4 Å². The molecule has 0 saturated heterocycles. The van der Waals surface area contributed by atoms with Crippen LogP contribution in [0.3, 0.4) is 0 Å². The molecule has 4 atom stereocenters. The standard InChI is InChI=1S/C32H43ClF3N3O7S/c1-21-18-39(22(2)20-40)31(42)27-17-25(37-30(41)14-15-32(34,35)36)10-13-28(27)46-23(3)7-5-6-16-45-29(21)19-38(4)47(43,44)26-11-8-24(33)9-12-26/h8-13,17,21-23,29,40H,5-7,14-16,18-20H2,1-4H3,(H,37,41)/t21-,22-,23-,29-/m1/s1.